The molecule has 22 aromatic rings. The lowest BCUT2D eigenvalue weighted by Gasteiger charge is -2.22. The van der Waals surface area contributed by atoms with Crippen LogP contribution in [0.5, 0.6) is 0 Å². The molecule has 0 aliphatic heterocycles. The summed E-state index contributed by atoms with van der Waals surface area (Å²) in [6, 6.07) is 108. The Morgan fingerprint density at radius 1 is 0.179 bits per heavy atom. The minimum absolute atomic E-state index is 0.568. The summed E-state index contributed by atoms with van der Waals surface area (Å²) in [4.78, 5) is 9.03. The van der Waals surface area contributed by atoms with Crippen molar-refractivity contribution in [3.05, 3.63) is 415 Å². The van der Waals surface area contributed by atoms with Gasteiger partial charge >= 0.3 is 0 Å². The normalized spacial score (nSPS) is 11.6. The summed E-state index contributed by atoms with van der Waals surface area (Å²) >= 11 is 0. The predicted octanol–water partition coefficient (Wildman–Crippen LogP) is 33.2. The zero-order valence-electron chi connectivity index (χ0n) is 79.4. The lowest BCUT2D eigenvalue weighted by Crippen LogP contribution is -2.05. The Hall–Kier alpha value is -16.0. The van der Waals surface area contributed by atoms with Gasteiger partial charge in [0.25, 0.3) is 0 Å². The standard InChI is InChI=1S/C72H62N4.C54H42N4/c1-40-25-44(5)68(45(6)26-40)54-13-17-58-59-18-14-55(69-46(7)27-41(2)28-47(69)8)36-63(59)75(62(58)35-54)66-33-52(39-73)34-67(72(66)53-21-23-74-24-22-53)76-64-37-56(70-48(9)29-42(3)30-49(70)10)15-19-60(64)61-20-16-57(38-65(61)76)71-50(11)31-43(4)32-51(71)12;1-32-23-34(3)52(35(4)24-32)40-15-17-48-44(29-40)42-11-7-9-13-46(42)57(48)50-27-38(31-55)28-51(54(50)39-19-21-56-22-20-39)58-47-14-10-8-12-43(47)45-30-41(16-18-49(45)58)53-36(5)25-33(2)26-37(53)6/h13-38H,1-12H3;7-30H,1-6H3. The minimum atomic E-state index is 0.568. The van der Waals surface area contributed by atoms with E-state index in [-0.39, 0.29) is 0 Å². The molecule has 16 aromatic carbocycles. The topological polar surface area (TPSA) is 93.1 Å². The second-order valence-corrected chi connectivity index (χ2v) is 37.9. The van der Waals surface area contributed by atoms with Crippen molar-refractivity contribution >= 4 is 87.2 Å². The number of nitriles is 2. The summed E-state index contributed by atoms with van der Waals surface area (Å²) in [5.41, 5.74) is 54.7. The van der Waals surface area contributed by atoms with Gasteiger partial charge in [0.2, 0.25) is 0 Å². The van der Waals surface area contributed by atoms with Crippen LogP contribution in [0, 0.1) is 147 Å². The number of pyridine rings is 2. The quantitative estimate of drug-likeness (QED) is 0.122. The highest BCUT2D eigenvalue weighted by Gasteiger charge is 2.30. The molecule has 0 unspecified atom stereocenters. The second-order valence-electron chi connectivity index (χ2n) is 37.9. The molecule has 0 fully saturated rings. The Kier molecular flexibility index (Phi) is 21.0. The van der Waals surface area contributed by atoms with Crippen LogP contribution < -0.4 is 0 Å². The summed E-state index contributed by atoms with van der Waals surface area (Å²) in [7, 11) is 0. The maximum absolute atomic E-state index is 11.4. The van der Waals surface area contributed by atoms with Crippen molar-refractivity contribution in [2.45, 2.75) is 125 Å². The van der Waals surface area contributed by atoms with Gasteiger partial charge in [0.05, 0.1) is 90.1 Å². The average molecular weight is 1730 g/mol. The van der Waals surface area contributed by atoms with E-state index in [4.69, 9.17) is 0 Å². The Morgan fingerprint density at radius 2 is 0.381 bits per heavy atom. The largest absolute Gasteiger partial charge is 0.308 e. The van der Waals surface area contributed by atoms with Gasteiger partial charge in [0.15, 0.2) is 0 Å². The highest BCUT2D eigenvalue weighted by Crippen LogP contribution is 2.50. The van der Waals surface area contributed by atoms with Crippen LogP contribution in [0.3, 0.4) is 0 Å². The molecule has 8 heteroatoms. The first-order chi connectivity index (χ1) is 64.8. The third kappa shape index (κ3) is 14.3. The van der Waals surface area contributed by atoms with E-state index < -0.39 is 0 Å². The molecule has 6 heterocycles. The summed E-state index contributed by atoms with van der Waals surface area (Å²) < 4.78 is 9.63. The maximum atomic E-state index is 11.4. The van der Waals surface area contributed by atoms with E-state index in [1.165, 1.54) is 155 Å². The van der Waals surface area contributed by atoms with Crippen molar-refractivity contribution in [2.75, 3.05) is 0 Å². The fourth-order valence-electron chi connectivity index (χ4n) is 23.5. The second kappa shape index (κ2) is 33.1. The SMILES string of the molecule is Cc1cc(C)c(-c2ccc3c(c2)c2ccccc2n3-c2cc(C#N)cc(-n3c4ccccc4c4cc(-c5c(C)cc(C)cc5C)ccc43)c2-c2ccncc2)c(C)c1.Cc1cc(C)c(-c2ccc3c4ccc(-c5c(C)cc(C)cc5C)cc4n(-c4cc(C#N)cc(-n5c6cc(-c7c(C)cc(C)cc7C)ccc6c6ccc(-c7c(C)cc(C)cc7C)cc65)c4-c4ccncc4)c3c2)c(C)c1. The molecule has 0 atom stereocenters. The van der Waals surface area contributed by atoms with E-state index in [1.807, 2.05) is 24.8 Å². The molecule has 0 aliphatic rings. The number of hydrogen-bond donors (Lipinski definition) is 0. The third-order valence-electron chi connectivity index (χ3n) is 28.0. The lowest BCUT2D eigenvalue weighted by atomic mass is 9.92. The molecule has 134 heavy (non-hydrogen) atoms. The Balaban J connectivity index is 0.000000167. The van der Waals surface area contributed by atoms with E-state index in [2.05, 4.69) is 444 Å². The highest BCUT2D eigenvalue weighted by atomic mass is 15.0. The Bertz CT molecular complexity index is 8020. The van der Waals surface area contributed by atoms with Crippen LogP contribution in [0.15, 0.2) is 304 Å². The highest BCUT2D eigenvalue weighted by molar-refractivity contribution is 6.17. The van der Waals surface area contributed by atoms with Gasteiger partial charge in [-0.1, -0.05) is 203 Å². The van der Waals surface area contributed by atoms with E-state index in [0.29, 0.717) is 11.1 Å². The molecule has 648 valence electrons. The first kappa shape index (κ1) is 84.8. The van der Waals surface area contributed by atoms with Gasteiger partial charge < -0.3 is 18.3 Å². The molecule has 0 saturated heterocycles. The number of aryl methyl sites for hydroxylation is 18. The van der Waals surface area contributed by atoms with Crippen LogP contribution in [-0.4, -0.2) is 28.2 Å². The van der Waals surface area contributed by atoms with Crippen LogP contribution in [0.1, 0.15) is 111 Å². The van der Waals surface area contributed by atoms with E-state index in [0.717, 1.165) is 144 Å². The lowest BCUT2D eigenvalue weighted by molar-refractivity contribution is 1.13. The van der Waals surface area contributed by atoms with E-state index in [9.17, 15) is 10.5 Å². The van der Waals surface area contributed by atoms with E-state index in [1.54, 1.807) is 0 Å². The molecule has 8 nitrogen and oxygen atoms in total. The minimum Gasteiger partial charge on any atom is -0.308 e. The monoisotopic (exact) mass is 1730 g/mol. The number of benzene rings is 16. The molecule has 0 aliphatic carbocycles. The van der Waals surface area contributed by atoms with Crippen LogP contribution in [0.25, 0.3) is 199 Å². The number of fused-ring (bicyclic) bond motifs is 12. The number of aromatic nitrogens is 6. The number of para-hydroxylation sites is 2. The number of rotatable bonds is 12. The van der Waals surface area contributed by atoms with Crippen molar-refractivity contribution in [2.24, 2.45) is 0 Å². The van der Waals surface area contributed by atoms with E-state index >= 15 is 0 Å². The van der Waals surface area contributed by atoms with Crippen LogP contribution >= 0.6 is 0 Å². The first-order valence-corrected chi connectivity index (χ1v) is 46.5. The number of nitrogens with zero attached hydrogens (tertiary/aromatic N) is 8. The maximum Gasteiger partial charge on any atom is 0.0993 e. The third-order valence-corrected chi connectivity index (χ3v) is 28.0. The molecule has 0 N–H and O–H groups in total. The van der Waals surface area contributed by atoms with Crippen LogP contribution in [-0.2, 0) is 0 Å². The van der Waals surface area contributed by atoms with Crippen LogP contribution in [0.4, 0.5) is 0 Å². The molecular formula is C126H104N8. The predicted molar refractivity (Wildman–Crippen MR) is 564 cm³/mol. The van der Waals surface area contributed by atoms with Crippen molar-refractivity contribution in [1.29, 1.82) is 10.5 Å². The smallest absolute Gasteiger partial charge is 0.0993 e. The molecule has 0 saturated carbocycles. The Morgan fingerprint density at radius 3 is 0.619 bits per heavy atom. The zero-order valence-corrected chi connectivity index (χ0v) is 79.4. The van der Waals surface area contributed by atoms with Crippen molar-refractivity contribution in [3.63, 3.8) is 0 Å². The van der Waals surface area contributed by atoms with Crippen molar-refractivity contribution < 1.29 is 0 Å². The van der Waals surface area contributed by atoms with Crippen molar-refractivity contribution in [1.82, 2.24) is 28.2 Å². The van der Waals surface area contributed by atoms with Gasteiger partial charge in [-0.2, -0.15) is 10.5 Å². The average Bonchev–Trinajstić information content (AvgIpc) is 1.54. The van der Waals surface area contributed by atoms with Gasteiger partial charge in [-0.3, -0.25) is 9.97 Å². The van der Waals surface area contributed by atoms with Gasteiger partial charge in [0.1, 0.15) is 0 Å². The molecule has 0 spiro atoms. The van der Waals surface area contributed by atoms with Crippen LogP contribution in [0.2, 0.25) is 0 Å². The molecule has 0 amide bonds. The molecule has 0 bridgehead atoms. The van der Waals surface area contributed by atoms with Gasteiger partial charge in [-0.05, 0) is 378 Å². The number of hydrogen-bond acceptors (Lipinski definition) is 4. The molecular weight excluding hydrogens is 1630 g/mol. The summed E-state index contributed by atoms with van der Waals surface area (Å²) in [6.07, 6.45) is 7.50. The Labute approximate surface area is 784 Å². The summed E-state index contributed by atoms with van der Waals surface area (Å²) in [5, 5.41) is 31.5. The van der Waals surface area contributed by atoms with Gasteiger partial charge in [-0.15, -0.1) is 0 Å². The fourth-order valence-corrected chi connectivity index (χ4v) is 23.5. The molecule has 0 radical (unpaired) electrons. The molecule has 6 aromatic heterocycles. The summed E-state index contributed by atoms with van der Waals surface area (Å²) in [5.74, 6) is 0. The van der Waals surface area contributed by atoms with Gasteiger partial charge in [0, 0.05) is 79.0 Å². The van der Waals surface area contributed by atoms with Crippen molar-refractivity contribution in [3.8, 4) is 124 Å². The summed E-state index contributed by atoms with van der Waals surface area (Å²) in [6.45, 7) is 39.7. The zero-order chi connectivity index (χ0) is 92.8. The fraction of sp³-hybridized carbons (Fsp3) is 0.143. The molecule has 22 rings (SSSR count). The first-order valence-electron chi connectivity index (χ1n) is 46.5. The van der Waals surface area contributed by atoms with Gasteiger partial charge in [-0.25, -0.2) is 0 Å².